The highest BCUT2D eigenvalue weighted by atomic mass is 16.5. The summed E-state index contributed by atoms with van der Waals surface area (Å²) in [6.45, 7) is 4.92. The molecule has 1 aliphatic rings. The summed E-state index contributed by atoms with van der Waals surface area (Å²) >= 11 is 0. The normalized spacial score (nSPS) is 15.2. The molecule has 0 spiro atoms. The molecule has 0 bridgehead atoms. The first-order valence-corrected chi connectivity index (χ1v) is 11.1. The molecule has 0 saturated heterocycles. The van der Waals surface area contributed by atoms with Gasteiger partial charge in [-0.05, 0) is 54.8 Å². The zero-order valence-electron chi connectivity index (χ0n) is 18.6. The maximum Gasteiger partial charge on any atom is 0.291 e. The number of pyridine rings is 1. The van der Waals surface area contributed by atoms with Crippen molar-refractivity contribution in [1.82, 2.24) is 9.88 Å². The van der Waals surface area contributed by atoms with Crippen LogP contribution >= 0.6 is 0 Å². The number of amides is 1. The second-order valence-electron chi connectivity index (χ2n) is 8.29. The van der Waals surface area contributed by atoms with Crippen LogP contribution in [0.5, 0.6) is 5.75 Å². The Labute approximate surface area is 191 Å². The van der Waals surface area contributed by atoms with Crippen molar-refractivity contribution in [2.24, 2.45) is 0 Å². The molecular weight excluding hydrogens is 416 g/mol. The zero-order chi connectivity index (χ0) is 22.9. The van der Waals surface area contributed by atoms with Crippen molar-refractivity contribution < 1.29 is 13.9 Å². The van der Waals surface area contributed by atoms with E-state index >= 15 is 0 Å². The molecule has 6 heteroatoms. The zero-order valence-corrected chi connectivity index (χ0v) is 18.6. The summed E-state index contributed by atoms with van der Waals surface area (Å²) < 4.78 is 11.7. The first-order valence-electron chi connectivity index (χ1n) is 11.1. The van der Waals surface area contributed by atoms with Crippen LogP contribution in [-0.4, -0.2) is 22.4 Å². The topological polar surface area (TPSA) is 72.6 Å². The number of benzene rings is 2. The van der Waals surface area contributed by atoms with Crippen molar-refractivity contribution in [1.29, 1.82) is 0 Å². The van der Waals surface area contributed by atoms with Crippen molar-refractivity contribution in [3.63, 3.8) is 0 Å². The van der Waals surface area contributed by atoms with E-state index in [0.29, 0.717) is 29.7 Å². The van der Waals surface area contributed by atoms with E-state index in [4.69, 9.17) is 9.15 Å². The third-order valence-electron chi connectivity index (χ3n) is 5.87. The summed E-state index contributed by atoms with van der Waals surface area (Å²) in [6, 6.07) is 16.2. The van der Waals surface area contributed by atoms with E-state index in [1.807, 2.05) is 55.5 Å². The minimum absolute atomic E-state index is 0.108. The number of carbonyl (C=O) groups is 1. The summed E-state index contributed by atoms with van der Waals surface area (Å²) in [5.74, 6) is 0.561. The summed E-state index contributed by atoms with van der Waals surface area (Å²) in [6.07, 6.45) is 4.33. The predicted molar refractivity (Wildman–Crippen MR) is 125 cm³/mol. The maximum atomic E-state index is 13.6. The molecule has 2 aromatic carbocycles. The van der Waals surface area contributed by atoms with Crippen LogP contribution in [0.25, 0.3) is 11.0 Å². The number of carbonyl (C=O) groups excluding carboxylic acids is 1. The van der Waals surface area contributed by atoms with Crippen LogP contribution in [0.4, 0.5) is 0 Å². The number of rotatable bonds is 6. The van der Waals surface area contributed by atoms with E-state index in [1.54, 1.807) is 23.4 Å². The predicted octanol–water partition coefficient (Wildman–Crippen LogP) is 5.03. The first kappa shape index (κ1) is 20.9. The van der Waals surface area contributed by atoms with E-state index < -0.39 is 6.04 Å². The van der Waals surface area contributed by atoms with Gasteiger partial charge >= 0.3 is 0 Å². The minimum atomic E-state index is -0.561. The van der Waals surface area contributed by atoms with Gasteiger partial charge in [0.2, 0.25) is 5.76 Å². The molecule has 1 unspecified atom stereocenters. The van der Waals surface area contributed by atoms with Crippen LogP contribution < -0.4 is 10.2 Å². The van der Waals surface area contributed by atoms with Crippen LogP contribution in [0.3, 0.4) is 0 Å². The van der Waals surface area contributed by atoms with Gasteiger partial charge in [-0.2, -0.15) is 0 Å². The van der Waals surface area contributed by atoms with Gasteiger partial charge in [-0.3, -0.25) is 14.6 Å². The second kappa shape index (κ2) is 8.54. The molecule has 33 heavy (non-hydrogen) atoms. The van der Waals surface area contributed by atoms with Crippen molar-refractivity contribution >= 4 is 16.9 Å². The van der Waals surface area contributed by atoms with Gasteiger partial charge in [-0.1, -0.05) is 36.8 Å². The van der Waals surface area contributed by atoms with Gasteiger partial charge < -0.3 is 14.1 Å². The smallest absolute Gasteiger partial charge is 0.291 e. The lowest BCUT2D eigenvalue weighted by atomic mass is 9.98. The average molecular weight is 440 g/mol. The van der Waals surface area contributed by atoms with Crippen molar-refractivity contribution in [2.45, 2.75) is 32.9 Å². The third kappa shape index (κ3) is 3.78. The molecule has 1 amide bonds. The lowest BCUT2D eigenvalue weighted by molar-refractivity contribution is 0.0714. The molecule has 0 N–H and O–H groups in total. The van der Waals surface area contributed by atoms with Crippen LogP contribution in [-0.2, 0) is 6.54 Å². The fourth-order valence-electron chi connectivity index (χ4n) is 4.30. The monoisotopic (exact) mass is 440 g/mol. The van der Waals surface area contributed by atoms with Gasteiger partial charge in [0, 0.05) is 18.9 Å². The molecule has 0 fully saturated rings. The molecule has 5 rings (SSSR count). The van der Waals surface area contributed by atoms with Crippen molar-refractivity contribution in [3.05, 3.63) is 105 Å². The molecule has 1 atom stereocenters. The van der Waals surface area contributed by atoms with E-state index in [1.165, 1.54) is 0 Å². The van der Waals surface area contributed by atoms with Crippen molar-refractivity contribution in [3.8, 4) is 5.75 Å². The molecule has 0 saturated carbocycles. The number of hydrogen-bond acceptors (Lipinski definition) is 5. The first-order chi connectivity index (χ1) is 16.1. The van der Waals surface area contributed by atoms with Crippen molar-refractivity contribution in [2.75, 3.05) is 6.61 Å². The Balaban J connectivity index is 1.66. The number of aromatic nitrogens is 1. The molecule has 0 radical (unpaired) electrons. The van der Waals surface area contributed by atoms with Crippen LogP contribution in [0, 0.1) is 6.92 Å². The van der Waals surface area contributed by atoms with E-state index in [9.17, 15) is 9.59 Å². The number of aryl methyl sites for hydroxylation is 1. The number of nitrogens with zero attached hydrogens (tertiary/aromatic N) is 2. The van der Waals surface area contributed by atoms with Crippen LogP contribution in [0.2, 0.25) is 0 Å². The number of ether oxygens (including phenoxy) is 1. The quantitative estimate of drug-likeness (QED) is 0.420. The summed E-state index contributed by atoms with van der Waals surface area (Å²) in [7, 11) is 0. The minimum Gasteiger partial charge on any atom is -0.494 e. The maximum absolute atomic E-state index is 13.6. The highest BCUT2D eigenvalue weighted by Gasteiger charge is 2.42. The SMILES string of the molecule is CCCOc1ccc(C2c3c(oc4ccc(C)cc4c3=O)C(=O)N2Cc2cccnc2)cc1. The Bertz CT molecular complexity index is 1380. The van der Waals surface area contributed by atoms with Gasteiger partial charge in [0.1, 0.15) is 11.3 Å². The van der Waals surface area contributed by atoms with E-state index in [0.717, 1.165) is 28.9 Å². The Kier molecular flexibility index (Phi) is 5.42. The fraction of sp³-hybridized carbons (Fsp3) is 0.222. The highest BCUT2D eigenvalue weighted by molar-refractivity contribution is 5.99. The largest absolute Gasteiger partial charge is 0.494 e. The number of hydrogen-bond donors (Lipinski definition) is 0. The Morgan fingerprint density at radius 3 is 2.64 bits per heavy atom. The summed E-state index contributed by atoms with van der Waals surface area (Å²) in [5.41, 5.74) is 3.29. The molecule has 1 aliphatic heterocycles. The Morgan fingerprint density at radius 1 is 1.09 bits per heavy atom. The third-order valence-corrected chi connectivity index (χ3v) is 5.87. The average Bonchev–Trinajstić information content (AvgIpc) is 3.11. The lowest BCUT2D eigenvalue weighted by Gasteiger charge is -2.25. The molecule has 6 nitrogen and oxygen atoms in total. The Morgan fingerprint density at radius 2 is 1.91 bits per heavy atom. The summed E-state index contributed by atoms with van der Waals surface area (Å²) in [5, 5.41) is 0.484. The van der Waals surface area contributed by atoms with E-state index in [2.05, 4.69) is 11.9 Å². The second-order valence-corrected chi connectivity index (χ2v) is 8.29. The van der Waals surface area contributed by atoms with Gasteiger partial charge in [0.05, 0.1) is 23.6 Å². The highest BCUT2D eigenvalue weighted by Crippen LogP contribution is 2.39. The molecule has 166 valence electrons. The summed E-state index contributed by atoms with van der Waals surface area (Å²) in [4.78, 5) is 33.0. The van der Waals surface area contributed by atoms with Gasteiger partial charge in [-0.15, -0.1) is 0 Å². The molecule has 3 heterocycles. The lowest BCUT2D eigenvalue weighted by Crippen LogP contribution is -2.29. The Hall–Kier alpha value is -3.93. The number of fused-ring (bicyclic) bond motifs is 2. The fourth-order valence-corrected chi connectivity index (χ4v) is 4.30. The van der Waals surface area contributed by atoms with E-state index in [-0.39, 0.29) is 17.1 Å². The van der Waals surface area contributed by atoms with Crippen LogP contribution in [0.1, 0.15) is 52.2 Å². The molecule has 2 aromatic heterocycles. The van der Waals surface area contributed by atoms with Crippen LogP contribution in [0.15, 0.2) is 76.2 Å². The molecule has 0 aliphatic carbocycles. The standard InChI is InChI=1S/C27H24N2O4/c1-3-13-32-20-9-7-19(8-10-20)24-23-25(30)21-14-17(2)6-11-22(21)33-26(23)27(31)29(24)16-18-5-4-12-28-15-18/h4-12,14-15,24H,3,13,16H2,1-2H3. The molecular formula is C27H24N2O4. The van der Waals surface area contributed by atoms with Gasteiger partial charge in [0.15, 0.2) is 5.43 Å². The molecule has 4 aromatic rings. The van der Waals surface area contributed by atoms with Gasteiger partial charge in [-0.25, -0.2) is 0 Å². The van der Waals surface area contributed by atoms with Gasteiger partial charge in [0.25, 0.3) is 5.91 Å².